The van der Waals surface area contributed by atoms with Crippen LogP contribution in [0.4, 0.5) is 0 Å². The average Bonchev–Trinajstić information content (AvgIpc) is 3.19. The highest BCUT2D eigenvalue weighted by Crippen LogP contribution is 2.43. The molecule has 0 N–H and O–H groups in total. The molecule has 0 spiro atoms. The number of hydrogen-bond acceptors (Lipinski definition) is 1. The highest BCUT2D eigenvalue weighted by atomic mass is 16.3. The predicted octanol–water partition coefficient (Wildman–Crippen LogP) is 7.38. The van der Waals surface area contributed by atoms with E-state index >= 15 is 0 Å². The summed E-state index contributed by atoms with van der Waals surface area (Å²) in [6.07, 6.45) is 6.79. The fourth-order valence-electron chi connectivity index (χ4n) is 5.19. The van der Waals surface area contributed by atoms with Gasteiger partial charge in [-0.2, -0.15) is 4.57 Å². The number of fused-ring (bicyclic) bond motifs is 2. The zero-order valence-corrected chi connectivity index (χ0v) is 18.8. The number of pyridine rings is 1. The third-order valence-electron chi connectivity index (χ3n) is 7.32. The van der Waals surface area contributed by atoms with Gasteiger partial charge in [0, 0.05) is 18.4 Å². The topological polar surface area (TPSA) is 17.0 Å². The van der Waals surface area contributed by atoms with Crippen LogP contribution >= 0.6 is 0 Å². The lowest BCUT2D eigenvalue weighted by Crippen LogP contribution is -2.35. The quantitative estimate of drug-likeness (QED) is 0.321. The first-order valence-electron chi connectivity index (χ1n) is 11.7. The summed E-state index contributed by atoms with van der Waals surface area (Å²) < 4.78 is 16.8. The Morgan fingerprint density at radius 3 is 2.57 bits per heavy atom. The fourth-order valence-corrected chi connectivity index (χ4v) is 5.19. The second-order valence-electron chi connectivity index (χ2n) is 9.99. The summed E-state index contributed by atoms with van der Waals surface area (Å²) in [5.41, 5.74) is 7.32. The van der Waals surface area contributed by atoms with Crippen molar-refractivity contribution in [3.63, 3.8) is 0 Å². The number of nitrogens with zero attached hydrogens (tertiary/aromatic N) is 1. The number of benzene rings is 2. The van der Waals surface area contributed by atoms with Gasteiger partial charge >= 0.3 is 0 Å². The van der Waals surface area contributed by atoms with Crippen LogP contribution in [0, 0.1) is 19.3 Å². The van der Waals surface area contributed by atoms with Crippen molar-refractivity contribution < 1.29 is 10.4 Å². The smallest absolute Gasteiger partial charge is 0.220 e. The summed E-state index contributed by atoms with van der Waals surface area (Å²) in [4.78, 5) is 0. The Labute approximate surface area is 180 Å². The van der Waals surface area contributed by atoms with Gasteiger partial charge in [0.2, 0.25) is 5.69 Å². The molecule has 154 valence electrons. The molecule has 2 heterocycles. The Morgan fingerprint density at radius 2 is 1.80 bits per heavy atom. The average molecular weight is 400 g/mol. The first kappa shape index (κ1) is 18.2. The molecule has 1 aliphatic carbocycles. The molecule has 0 unspecified atom stereocenters. The van der Waals surface area contributed by atoms with Gasteiger partial charge in [0.1, 0.15) is 12.6 Å². The monoisotopic (exact) mass is 399 g/mol. The molecule has 30 heavy (non-hydrogen) atoms. The maximum atomic E-state index is 8.88. The first-order chi connectivity index (χ1) is 14.7. The highest BCUT2D eigenvalue weighted by Gasteiger charge is 2.28. The van der Waals surface area contributed by atoms with E-state index in [9.17, 15) is 0 Å². The number of aromatic nitrogens is 1. The van der Waals surface area contributed by atoms with E-state index in [1.54, 1.807) is 6.26 Å². The molecule has 2 nitrogen and oxygen atoms in total. The molecule has 0 amide bonds. The summed E-state index contributed by atoms with van der Waals surface area (Å²) in [7, 11) is 2.07. The van der Waals surface area contributed by atoms with Gasteiger partial charge < -0.3 is 4.42 Å². The molecule has 2 aromatic heterocycles. The van der Waals surface area contributed by atoms with Gasteiger partial charge in [0.05, 0.1) is 18.6 Å². The third kappa shape index (κ3) is 3.23. The molecule has 2 aromatic carbocycles. The number of rotatable bonds is 2. The zero-order valence-electron chi connectivity index (χ0n) is 19.8. The van der Waals surface area contributed by atoms with Crippen LogP contribution in [-0.2, 0) is 7.05 Å². The van der Waals surface area contributed by atoms with E-state index in [4.69, 9.17) is 5.79 Å². The standard InChI is InChI=1S/C28H32NO/c1-18-14-22-10-13-30-26(22)17-25(18)27-24-7-6-21(16-23(24)15-19(2)29(27)5)20-8-11-28(3,4)12-9-20/h6-7,10,13-17,20H,8-9,11-12H2,1-5H3/q+1/i15D. The predicted molar refractivity (Wildman–Crippen MR) is 125 cm³/mol. The largest absolute Gasteiger partial charge is 0.464 e. The number of aryl methyl sites for hydroxylation is 1. The van der Waals surface area contributed by atoms with Gasteiger partial charge in [-0.05, 0) is 84.7 Å². The van der Waals surface area contributed by atoms with Crippen molar-refractivity contribution >= 4 is 21.7 Å². The van der Waals surface area contributed by atoms with Gasteiger partial charge in [0.15, 0.2) is 5.69 Å². The maximum absolute atomic E-state index is 8.88. The molecule has 0 radical (unpaired) electrons. The molecule has 5 rings (SSSR count). The van der Waals surface area contributed by atoms with Crippen molar-refractivity contribution in [3.05, 3.63) is 65.5 Å². The molecule has 4 aromatic rings. The van der Waals surface area contributed by atoms with Crippen molar-refractivity contribution in [1.29, 1.82) is 0 Å². The van der Waals surface area contributed by atoms with Crippen molar-refractivity contribution in [3.8, 4) is 11.3 Å². The van der Waals surface area contributed by atoms with Gasteiger partial charge in [-0.15, -0.1) is 0 Å². The lowest BCUT2D eigenvalue weighted by atomic mass is 9.71. The second kappa shape index (κ2) is 6.97. The van der Waals surface area contributed by atoms with Crippen LogP contribution in [0.2, 0.25) is 0 Å². The SMILES string of the molecule is [2H]c1c(C)[n+](C)c(-c2cc3occc3cc2C)c2ccc(C3CCC(C)(C)CC3)cc12. The van der Waals surface area contributed by atoms with E-state index in [1.807, 2.05) is 6.07 Å². The Morgan fingerprint density at radius 1 is 1.03 bits per heavy atom. The molecule has 0 aliphatic heterocycles. The van der Waals surface area contributed by atoms with Crippen molar-refractivity contribution in [2.24, 2.45) is 12.5 Å². The van der Waals surface area contributed by atoms with Gasteiger partial charge in [-0.25, -0.2) is 0 Å². The van der Waals surface area contributed by atoms with Crippen LogP contribution in [0.25, 0.3) is 33.0 Å². The van der Waals surface area contributed by atoms with E-state index in [-0.39, 0.29) is 0 Å². The molecule has 1 saturated carbocycles. The van der Waals surface area contributed by atoms with E-state index < -0.39 is 0 Å². The maximum Gasteiger partial charge on any atom is 0.220 e. The second-order valence-corrected chi connectivity index (χ2v) is 9.99. The van der Waals surface area contributed by atoms with Gasteiger partial charge in [0.25, 0.3) is 0 Å². The lowest BCUT2D eigenvalue weighted by molar-refractivity contribution is -0.665. The summed E-state index contributed by atoms with van der Waals surface area (Å²) in [6.45, 7) is 9.00. The number of hydrogen-bond donors (Lipinski definition) is 0. The number of furan rings is 1. The molecule has 0 bridgehead atoms. The minimum atomic E-state index is 0.466. The fraction of sp³-hybridized carbons (Fsp3) is 0.393. The van der Waals surface area contributed by atoms with Crippen LogP contribution in [-0.4, -0.2) is 0 Å². The Hall–Kier alpha value is -2.61. The Balaban J connectivity index is 1.69. The molecule has 0 atom stereocenters. The van der Waals surface area contributed by atoms with Crippen LogP contribution in [0.5, 0.6) is 0 Å². The summed E-state index contributed by atoms with van der Waals surface area (Å²) in [5.74, 6) is 0.607. The van der Waals surface area contributed by atoms with E-state index in [0.29, 0.717) is 17.4 Å². The molecule has 2 heteroatoms. The summed E-state index contributed by atoms with van der Waals surface area (Å²) >= 11 is 0. The van der Waals surface area contributed by atoms with Gasteiger partial charge in [-0.3, -0.25) is 0 Å². The highest BCUT2D eigenvalue weighted by molar-refractivity contribution is 5.96. The van der Waals surface area contributed by atoms with Crippen LogP contribution in [0.15, 0.2) is 53.1 Å². The third-order valence-corrected chi connectivity index (χ3v) is 7.32. The molecule has 1 fully saturated rings. The normalized spacial score (nSPS) is 17.6. The molecule has 0 saturated heterocycles. The van der Waals surface area contributed by atoms with Crippen LogP contribution < -0.4 is 4.57 Å². The molecule has 1 aliphatic rings. The Bertz CT molecular complexity index is 1300. The van der Waals surface area contributed by atoms with Crippen LogP contribution in [0.3, 0.4) is 0 Å². The minimum Gasteiger partial charge on any atom is -0.464 e. The Kier molecular flexibility index (Phi) is 4.23. The van der Waals surface area contributed by atoms with E-state index in [1.165, 1.54) is 42.4 Å². The minimum absolute atomic E-state index is 0.466. The molecular weight excluding hydrogens is 366 g/mol. The molecular formula is C28H32NO+. The lowest BCUT2D eigenvalue weighted by Gasteiger charge is -2.34. The zero-order chi connectivity index (χ0) is 21.9. The first-order valence-corrected chi connectivity index (χ1v) is 11.2. The van der Waals surface area contributed by atoms with Crippen molar-refractivity contribution in [1.82, 2.24) is 0 Å². The van der Waals surface area contributed by atoms with Crippen molar-refractivity contribution in [2.45, 2.75) is 59.3 Å². The summed E-state index contributed by atoms with van der Waals surface area (Å²) in [5, 5.41) is 3.34. The summed E-state index contributed by atoms with van der Waals surface area (Å²) in [6, 6.07) is 13.9. The van der Waals surface area contributed by atoms with Crippen molar-refractivity contribution in [2.75, 3.05) is 0 Å². The van der Waals surface area contributed by atoms with E-state index in [0.717, 1.165) is 33.1 Å². The van der Waals surface area contributed by atoms with Gasteiger partial charge in [-0.1, -0.05) is 26.0 Å². The van der Waals surface area contributed by atoms with E-state index in [2.05, 4.69) is 69.6 Å². The van der Waals surface area contributed by atoms with Crippen LogP contribution in [0.1, 0.15) is 63.6 Å².